The number of hydrogen-bond acceptors (Lipinski definition) is 4. The molecule has 2 heterocycles. The van der Waals surface area contributed by atoms with Crippen LogP contribution in [0.2, 0.25) is 0 Å². The summed E-state index contributed by atoms with van der Waals surface area (Å²) in [7, 11) is 1.84. The van der Waals surface area contributed by atoms with Gasteiger partial charge in [-0.25, -0.2) is 4.90 Å². The maximum atomic E-state index is 12.8. The molecule has 1 aromatic heterocycles. The molecule has 3 rings (SSSR count). The van der Waals surface area contributed by atoms with Crippen LogP contribution < -0.4 is 15.0 Å². The number of rotatable bonds is 4. The van der Waals surface area contributed by atoms with Gasteiger partial charge >= 0.3 is 0 Å². The normalized spacial score (nSPS) is 16.0. The SMILES string of the molecule is CCOc1ccccc1N1C(=O)/C(=C\c2cn(C)nc2C)NC1=S. The number of thiocarbonyl (C=S) groups is 1. The number of nitrogens with zero attached hydrogens (tertiary/aromatic N) is 3. The molecular weight excluding hydrogens is 324 g/mol. The van der Waals surface area contributed by atoms with Crippen molar-refractivity contribution in [3.63, 3.8) is 0 Å². The standard InChI is InChI=1S/C17H18N4O2S/c1-4-23-15-8-6-5-7-14(15)21-16(22)13(18-17(21)24)9-12-10-20(3)19-11(12)2/h5-10H,4H2,1-3H3,(H,18,24)/b13-9+. The Labute approximate surface area is 145 Å². The average Bonchev–Trinajstić information content (AvgIpc) is 3.00. The number of anilines is 1. The number of aromatic nitrogens is 2. The van der Waals surface area contributed by atoms with E-state index in [4.69, 9.17) is 17.0 Å². The van der Waals surface area contributed by atoms with Crippen molar-refractivity contribution in [2.75, 3.05) is 11.5 Å². The van der Waals surface area contributed by atoms with Crippen molar-refractivity contribution < 1.29 is 9.53 Å². The van der Waals surface area contributed by atoms with Crippen LogP contribution in [-0.4, -0.2) is 27.4 Å². The van der Waals surface area contributed by atoms with Crippen LogP contribution in [0.25, 0.3) is 6.08 Å². The molecule has 1 aliphatic rings. The van der Waals surface area contributed by atoms with Crippen LogP contribution in [0.4, 0.5) is 5.69 Å². The summed E-state index contributed by atoms with van der Waals surface area (Å²) in [6.45, 7) is 4.30. The third-order valence-electron chi connectivity index (χ3n) is 3.64. The third kappa shape index (κ3) is 2.90. The molecule has 0 bridgehead atoms. The molecule has 124 valence electrons. The van der Waals surface area contributed by atoms with Gasteiger partial charge in [0.05, 0.1) is 18.0 Å². The largest absolute Gasteiger partial charge is 0.492 e. The second-order valence-corrected chi connectivity index (χ2v) is 5.76. The van der Waals surface area contributed by atoms with Crippen LogP contribution in [0.3, 0.4) is 0 Å². The van der Waals surface area contributed by atoms with Crippen LogP contribution in [0, 0.1) is 6.92 Å². The Morgan fingerprint density at radius 1 is 1.38 bits per heavy atom. The molecule has 0 radical (unpaired) electrons. The van der Waals surface area contributed by atoms with E-state index in [0.29, 0.717) is 28.9 Å². The maximum absolute atomic E-state index is 12.8. The number of nitrogens with one attached hydrogen (secondary N) is 1. The van der Waals surface area contributed by atoms with Crippen molar-refractivity contribution in [2.45, 2.75) is 13.8 Å². The lowest BCUT2D eigenvalue weighted by molar-refractivity contribution is -0.113. The van der Waals surface area contributed by atoms with E-state index in [2.05, 4.69) is 10.4 Å². The quantitative estimate of drug-likeness (QED) is 0.683. The minimum Gasteiger partial charge on any atom is -0.492 e. The number of amides is 1. The van der Waals surface area contributed by atoms with Crippen LogP contribution in [0.1, 0.15) is 18.2 Å². The minimum absolute atomic E-state index is 0.213. The molecule has 0 atom stereocenters. The van der Waals surface area contributed by atoms with Crippen LogP contribution in [0.15, 0.2) is 36.2 Å². The van der Waals surface area contributed by atoms with Gasteiger partial charge in [-0.2, -0.15) is 5.10 Å². The second-order valence-electron chi connectivity index (χ2n) is 5.37. The molecule has 0 saturated carbocycles. The molecule has 1 N–H and O–H groups in total. The highest BCUT2D eigenvalue weighted by molar-refractivity contribution is 7.80. The van der Waals surface area contributed by atoms with Crippen molar-refractivity contribution >= 4 is 35.0 Å². The molecule has 1 aliphatic heterocycles. The predicted molar refractivity (Wildman–Crippen MR) is 96.8 cm³/mol. The summed E-state index contributed by atoms with van der Waals surface area (Å²) in [5.41, 5.74) is 2.77. The Balaban J connectivity index is 1.97. The molecule has 0 unspecified atom stereocenters. The van der Waals surface area contributed by atoms with Gasteiger partial charge in [0, 0.05) is 18.8 Å². The summed E-state index contributed by atoms with van der Waals surface area (Å²) in [5, 5.41) is 7.60. The van der Waals surface area contributed by atoms with Gasteiger partial charge in [0.15, 0.2) is 5.11 Å². The van der Waals surface area contributed by atoms with E-state index in [9.17, 15) is 4.79 Å². The molecule has 7 heteroatoms. The summed E-state index contributed by atoms with van der Waals surface area (Å²) >= 11 is 5.35. The van der Waals surface area contributed by atoms with Crippen LogP contribution in [-0.2, 0) is 11.8 Å². The van der Waals surface area contributed by atoms with Crippen molar-refractivity contribution in [2.24, 2.45) is 7.05 Å². The van der Waals surface area contributed by atoms with Crippen molar-refractivity contribution in [3.8, 4) is 5.75 Å². The number of aryl methyl sites for hydroxylation is 2. The monoisotopic (exact) mass is 342 g/mol. The molecule has 1 aromatic carbocycles. The van der Waals surface area contributed by atoms with Crippen molar-refractivity contribution in [1.82, 2.24) is 15.1 Å². The zero-order chi connectivity index (χ0) is 17.3. The van der Waals surface area contributed by atoms with Gasteiger partial charge in [-0.05, 0) is 44.3 Å². The summed E-state index contributed by atoms with van der Waals surface area (Å²) in [6.07, 6.45) is 3.62. The Bertz CT molecular complexity index is 841. The fraction of sp³-hybridized carbons (Fsp3) is 0.235. The Kier molecular flexibility index (Phi) is 4.35. The highest BCUT2D eigenvalue weighted by Crippen LogP contribution is 2.31. The topological polar surface area (TPSA) is 59.4 Å². The summed E-state index contributed by atoms with van der Waals surface area (Å²) in [5.74, 6) is 0.409. The van der Waals surface area contributed by atoms with E-state index >= 15 is 0 Å². The van der Waals surface area contributed by atoms with Gasteiger partial charge in [0.25, 0.3) is 5.91 Å². The first-order valence-electron chi connectivity index (χ1n) is 7.60. The molecule has 6 nitrogen and oxygen atoms in total. The molecule has 0 spiro atoms. The number of hydrogen-bond donors (Lipinski definition) is 1. The van der Waals surface area contributed by atoms with E-state index in [1.165, 1.54) is 4.90 Å². The van der Waals surface area contributed by atoms with E-state index in [0.717, 1.165) is 11.3 Å². The lowest BCUT2D eigenvalue weighted by Crippen LogP contribution is -2.30. The Hall–Kier alpha value is -2.67. The van der Waals surface area contributed by atoms with Gasteiger partial charge in [0.1, 0.15) is 11.4 Å². The zero-order valence-corrected chi connectivity index (χ0v) is 14.6. The van der Waals surface area contributed by atoms with Gasteiger partial charge in [-0.1, -0.05) is 12.1 Å². The smallest absolute Gasteiger partial charge is 0.281 e. The van der Waals surface area contributed by atoms with Gasteiger partial charge in [0.2, 0.25) is 0 Å². The summed E-state index contributed by atoms with van der Waals surface area (Å²) < 4.78 is 7.32. The van der Waals surface area contributed by atoms with Gasteiger partial charge in [-0.3, -0.25) is 9.48 Å². The fourth-order valence-electron chi connectivity index (χ4n) is 2.59. The second kappa shape index (κ2) is 6.45. The van der Waals surface area contributed by atoms with Gasteiger partial charge < -0.3 is 10.1 Å². The average molecular weight is 342 g/mol. The van der Waals surface area contributed by atoms with Crippen LogP contribution in [0.5, 0.6) is 5.75 Å². The predicted octanol–water partition coefficient (Wildman–Crippen LogP) is 2.39. The van der Waals surface area contributed by atoms with E-state index in [1.54, 1.807) is 10.8 Å². The first-order chi connectivity index (χ1) is 11.5. The molecule has 24 heavy (non-hydrogen) atoms. The molecule has 1 saturated heterocycles. The number of para-hydroxylation sites is 2. The van der Waals surface area contributed by atoms with E-state index in [1.807, 2.05) is 51.4 Å². The Morgan fingerprint density at radius 3 is 2.79 bits per heavy atom. The van der Waals surface area contributed by atoms with Crippen molar-refractivity contribution in [3.05, 3.63) is 47.4 Å². The number of carbonyl (C=O) groups excluding carboxylic acids is 1. The van der Waals surface area contributed by atoms with Gasteiger partial charge in [-0.15, -0.1) is 0 Å². The molecule has 2 aromatic rings. The molecule has 1 fully saturated rings. The first-order valence-corrected chi connectivity index (χ1v) is 8.01. The first kappa shape index (κ1) is 16.2. The van der Waals surface area contributed by atoms with Crippen LogP contribution >= 0.6 is 12.2 Å². The third-order valence-corrected chi connectivity index (χ3v) is 3.92. The fourth-order valence-corrected chi connectivity index (χ4v) is 2.88. The number of carbonyl (C=O) groups is 1. The lowest BCUT2D eigenvalue weighted by Gasteiger charge is -2.17. The number of ether oxygens (including phenoxy) is 1. The minimum atomic E-state index is -0.213. The highest BCUT2D eigenvalue weighted by Gasteiger charge is 2.33. The lowest BCUT2D eigenvalue weighted by atomic mass is 10.2. The molecular formula is C17H18N4O2S. The summed E-state index contributed by atoms with van der Waals surface area (Å²) in [6, 6.07) is 7.35. The summed E-state index contributed by atoms with van der Waals surface area (Å²) in [4.78, 5) is 14.3. The Morgan fingerprint density at radius 2 is 2.12 bits per heavy atom. The number of benzene rings is 1. The van der Waals surface area contributed by atoms with E-state index < -0.39 is 0 Å². The van der Waals surface area contributed by atoms with E-state index in [-0.39, 0.29) is 5.91 Å². The zero-order valence-electron chi connectivity index (χ0n) is 13.7. The van der Waals surface area contributed by atoms with Crippen molar-refractivity contribution in [1.29, 1.82) is 0 Å². The highest BCUT2D eigenvalue weighted by atomic mass is 32.1. The maximum Gasteiger partial charge on any atom is 0.281 e. The molecule has 1 amide bonds. The molecule has 0 aliphatic carbocycles.